The molecule has 1 aromatic carbocycles. The molecule has 0 bridgehead atoms. The monoisotopic (exact) mass is 262 g/mol. The van der Waals surface area contributed by atoms with E-state index in [1.165, 1.54) is 5.56 Å². The number of hydrogen-bond acceptors (Lipinski definition) is 3. The Balaban J connectivity index is 1.89. The maximum atomic E-state index is 11.0. The van der Waals surface area contributed by atoms with Crippen molar-refractivity contribution in [2.45, 2.75) is 50.2 Å². The van der Waals surface area contributed by atoms with Gasteiger partial charge >= 0.3 is 0 Å². The highest BCUT2D eigenvalue weighted by Gasteiger charge is 2.37. The Morgan fingerprint density at radius 1 is 1.32 bits per heavy atom. The minimum absolute atomic E-state index is 0.292. The van der Waals surface area contributed by atoms with Gasteiger partial charge in [-0.3, -0.25) is 0 Å². The smallest absolute Gasteiger partial charge is 0.128 e. The summed E-state index contributed by atoms with van der Waals surface area (Å²) in [6, 6.07) is 6.18. The lowest BCUT2D eigenvalue weighted by Gasteiger charge is -2.37. The summed E-state index contributed by atoms with van der Waals surface area (Å²) >= 11 is 0. The van der Waals surface area contributed by atoms with Crippen LogP contribution in [0.25, 0.3) is 0 Å². The highest BCUT2D eigenvalue weighted by atomic mass is 16.5. The van der Waals surface area contributed by atoms with E-state index in [1.54, 1.807) is 7.11 Å². The van der Waals surface area contributed by atoms with E-state index in [-0.39, 0.29) is 0 Å². The van der Waals surface area contributed by atoms with E-state index in [0.717, 1.165) is 56.4 Å². The molecule has 1 fully saturated rings. The summed E-state index contributed by atoms with van der Waals surface area (Å²) in [5.74, 6) is 0.937. The van der Waals surface area contributed by atoms with Gasteiger partial charge in [0.1, 0.15) is 5.75 Å². The summed E-state index contributed by atoms with van der Waals surface area (Å²) in [5.41, 5.74) is 1.49. The van der Waals surface area contributed by atoms with Crippen LogP contribution in [0.3, 0.4) is 0 Å². The number of benzene rings is 1. The summed E-state index contributed by atoms with van der Waals surface area (Å²) < 4.78 is 11.2. The van der Waals surface area contributed by atoms with E-state index >= 15 is 0 Å². The Bertz CT molecular complexity index is 447. The Morgan fingerprint density at radius 2 is 2.11 bits per heavy atom. The molecule has 0 amide bonds. The van der Waals surface area contributed by atoms with Crippen LogP contribution in [0.4, 0.5) is 0 Å². The second-order valence-electron chi connectivity index (χ2n) is 5.71. The van der Waals surface area contributed by atoms with E-state index in [1.807, 2.05) is 12.1 Å². The molecule has 19 heavy (non-hydrogen) atoms. The Morgan fingerprint density at radius 3 is 2.84 bits per heavy atom. The van der Waals surface area contributed by atoms with Crippen molar-refractivity contribution in [3.63, 3.8) is 0 Å². The van der Waals surface area contributed by atoms with Crippen LogP contribution in [-0.4, -0.2) is 24.9 Å². The number of aliphatic hydroxyl groups is 1. The number of ether oxygens (including phenoxy) is 2. The lowest BCUT2D eigenvalue weighted by Crippen LogP contribution is -2.35. The molecule has 3 rings (SSSR count). The number of rotatable bonds is 2. The third kappa shape index (κ3) is 2.37. The zero-order valence-corrected chi connectivity index (χ0v) is 11.5. The van der Waals surface area contributed by atoms with E-state index < -0.39 is 5.60 Å². The van der Waals surface area contributed by atoms with Crippen LogP contribution in [-0.2, 0) is 16.8 Å². The molecule has 1 aliphatic carbocycles. The second-order valence-corrected chi connectivity index (χ2v) is 5.71. The average molecular weight is 262 g/mol. The van der Waals surface area contributed by atoms with Crippen molar-refractivity contribution in [3.8, 4) is 5.75 Å². The maximum Gasteiger partial charge on any atom is 0.128 e. The fourth-order valence-electron chi connectivity index (χ4n) is 3.33. The van der Waals surface area contributed by atoms with Gasteiger partial charge in [0.2, 0.25) is 0 Å². The molecule has 1 aliphatic heterocycles. The van der Waals surface area contributed by atoms with Crippen molar-refractivity contribution in [1.29, 1.82) is 0 Å². The first-order valence-corrected chi connectivity index (χ1v) is 7.23. The lowest BCUT2D eigenvalue weighted by atomic mass is 9.77. The fourth-order valence-corrected chi connectivity index (χ4v) is 3.33. The predicted molar refractivity (Wildman–Crippen MR) is 73.4 cm³/mol. The maximum absolute atomic E-state index is 11.0. The van der Waals surface area contributed by atoms with E-state index in [2.05, 4.69) is 6.07 Å². The average Bonchev–Trinajstić information content (AvgIpc) is 2.47. The zero-order chi connectivity index (χ0) is 13.3. The van der Waals surface area contributed by atoms with Gasteiger partial charge in [-0.1, -0.05) is 18.2 Å². The minimum atomic E-state index is -0.738. The van der Waals surface area contributed by atoms with Gasteiger partial charge in [-0.2, -0.15) is 0 Å². The third-order valence-corrected chi connectivity index (χ3v) is 4.53. The van der Waals surface area contributed by atoms with Gasteiger partial charge in [0.15, 0.2) is 0 Å². The van der Waals surface area contributed by atoms with Gasteiger partial charge in [-0.25, -0.2) is 0 Å². The van der Waals surface area contributed by atoms with Crippen molar-refractivity contribution < 1.29 is 14.6 Å². The van der Waals surface area contributed by atoms with Gasteiger partial charge in [-0.05, 0) is 44.1 Å². The molecule has 104 valence electrons. The molecular formula is C16H22O3. The minimum Gasteiger partial charge on any atom is -0.493 e. The van der Waals surface area contributed by atoms with Crippen molar-refractivity contribution in [1.82, 2.24) is 0 Å². The van der Waals surface area contributed by atoms with Crippen LogP contribution in [0.2, 0.25) is 0 Å². The number of fused-ring (bicyclic) bond motifs is 1. The molecule has 0 saturated heterocycles. The molecule has 3 heteroatoms. The molecule has 2 aliphatic rings. The Labute approximate surface area is 114 Å². The molecule has 1 N–H and O–H groups in total. The Hall–Kier alpha value is -1.06. The number of para-hydroxylation sites is 1. The van der Waals surface area contributed by atoms with Gasteiger partial charge < -0.3 is 14.6 Å². The molecule has 0 aromatic heterocycles. The zero-order valence-electron chi connectivity index (χ0n) is 11.5. The van der Waals surface area contributed by atoms with Crippen molar-refractivity contribution in [2.75, 3.05) is 13.7 Å². The topological polar surface area (TPSA) is 38.7 Å². The lowest BCUT2D eigenvalue weighted by molar-refractivity contribution is -0.0490. The standard InChI is InChI=1S/C16H22O3/c1-18-13-7-9-16(17,10-8-13)14-6-2-4-12-5-3-11-19-15(12)14/h2,4,6,13,17H,3,5,7-11H2,1H3. The summed E-state index contributed by atoms with van der Waals surface area (Å²) in [7, 11) is 1.75. The van der Waals surface area contributed by atoms with Crippen LogP contribution < -0.4 is 4.74 Å². The van der Waals surface area contributed by atoms with Gasteiger partial charge in [0.25, 0.3) is 0 Å². The first-order valence-electron chi connectivity index (χ1n) is 7.23. The quantitative estimate of drug-likeness (QED) is 0.890. The molecule has 1 aromatic rings. The normalized spacial score (nSPS) is 30.5. The largest absolute Gasteiger partial charge is 0.493 e. The van der Waals surface area contributed by atoms with Crippen molar-refractivity contribution in [3.05, 3.63) is 29.3 Å². The molecule has 0 radical (unpaired) electrons. The number of methoxy groups -OCH3 is 1. The summed E-state index contributed by atoms with van der Waals surface area (Å²) in [5, 5.41) is 11.0. The van der Waals surface area contributed by atoms with E-state index in [4.69, 9.17) is 9.47 Å². The van der Waals surface area contributed by atoms with Gasteiger partial charge in [0.05, 0.1) is 18.3 Å². The summed E-state index contributed by atoms with van der Waals surface area (Å²) in [6.45, 7) is 0.765. The molecule has 1 saturated carbocycles. The van der Waals surface area contributed by atoms with Crippen molar-refractivity contribution in [2.24, 2.45) is 0 Å². The molecule has 3 nitrogen and oxygen atoms in total. The second kappa shape index (κ2) is 5.14. The fraction of sp³-hybridized carbons (Fsp3) is 0.625. The molecule has 0 spiro atoms. The number of aryl methyl sites for hydroxylation is 1. The van der Waals surface area contributed by atoms with Crippen LogP contribution in [0.1, 0.15) is 43.2 Å². The molecule has 0 atom stereocenters. The molecular weight excluding hydrogens is 240 g/mol. The third-order valence-electron chi connectivity index (χ3n) is 4.53. The summed E-state index contributed by atoms with van der Waals surface area (Å²) in [4.78, 5) is 0. The van der Waals surface area contributed by atoms with E-state index in [0.29, 0.717) is 6.10 Å². The SMILES string of the molecule is COC1CCC(O)(c2cccc3c2OCCC3)CC1. The number of hydrogen-bond donors (Lipinski definition) is 1. The summed E-state index contributed by atoms with van der Waals surface area (Å²) in [6.07, 6.45) is 5.76. The first kappa shape index (κ1) is 12.9. The highest BCUT2D eigenvalue weighted by Crippen LogP contribution is 2.43. The Kier molecular flexibility index (Phi) is 3.50. The van der Waals surface area contributed by atoms with Crippen molar-refractivity contribution >= 4 is 0 Å². The highest BCUT2D eigenvalue weighted by molar-refractivity contribution is 5.46. The van der Waals surface area contributed by atoms with Crippen LogP contribution in [0.15, 0.2) is 18.2 Å². The van der Waals surface area contributed by atoms with Gasteiger partial charge in [-0.15, -0.1) is 0 Å². The van der Waals surface area contributed by atoms with Crippen LogP contribution in [0, 0.1) is 0 Å². The van der Waals surface area contributed by atoms with Crippen LogP contribution in [0.5, 0.6) is 5.75 Å². The molecule has 0 unspecified atom stereocenters. The van der Waals surface area contributed by atoms with Crippen LogP contribution >= 0.6 is 0 Å². The predicted octanol–water partition coefficient (Wildman–Crippen LogP) is 2.79. The van der Waals surface area contributed by atoms with Gasteiger partial charge in [0, 0.05) is 12.7 Å². The molecule has 1 heterocycles. The first-order chi connectivity index (χ1) is 9.23. The van der Waals surface area contributed by atoms with E-state index in [9.17, 15) is 5.11 Å².